The zero-order chi connectivity index (χ0) is 14.4. The molecule has 1 aromatic heterocycles. The zero-order valence-electron chi connectivity index (χ0n) is 12.7. The number of nitrogens with one attached hydrogen (secondary N) is 1. The van der Waals surface area contributed by atoms with Crippen molar-refractivity contribution in [3.8, 4) is 0 Å². The highest BCUT2D eigenvalue weighted by Crippen LogP contribution is 2.23. The Hall–Kier alpha value is -1.19. The lowest BCUT2D eigenvalue weighted by atomic mass is 10.1. The molecule has 0 saturated heterocycles. The smallest absolute Gasteiger partial charge is 0.0975 e. The van der Waals surface area contributed by atoms with Gasteiger partial charge in [0.05, 0.1) is 10.7 Å². The molecule has 0 unspecified atom stereocenters. The number of hydrogen-bond donors (Lipinski definition) is 1. The first kappa shape index (κ1) is 15.2. The average molecular weight is 288 g/mol. The maximum atomic E-state index is 4.87. The molecule has 0 fully saturated rings. The van der Waals surface area contributed by atoms with Gasteiger partial charge in [-0.25, -0.2) is 4.98 Å². The van der Waals surface area contributed by atoms with Crippen LogP contribution in [0, 0.1) is 6.92 Å². The fourth-order valence-corrected chi connectivity index (χ4v) is 3.40. The Kier molecular flexibility index (Phi) is 5.74. The fourth-order valence-electron chi connectivity index (χ4n) is 2.29. The van der Waals surface area contributed by atoms with Crippen molar-refractivity contribution in [2.24, 2.45) is 0 Å². The maximum absolute atomic E-state index is 4.87. The summed E-state index contributed by atoms with van der Waals surface area (Å²) in [6.07, 6.45) is 3.21. The molecule has 1 N–H and O–H groups in total. The van der Waals surface area contributed by atoms with E-state index in [2.05, 4.69) is 50.4 Å². The molecule has 0 aliphatic carbocycles. The van der Waals surface area contributed by atoms with Crippen molar-refractivity contribution in [3.63, 3.8) is 0 Å². The third kappa shape index (κ3) is 3.90. The molecule has 108 valence electrons. The molecule has 3 heteroatoms. The number of rotatable bonds is 7. The lowest BCUT2D eigenvalue weighted by Crippen LogP contribution is -2.11. The van der Waals surface area contributed by atoms with Gasteiger partial charge in [-0.3, -0.25) is 0 Å². The average Bonchev–Trinajstić information content (AvgIpc) is 2.81. The van der Waals surface area contributed by atoms with E-state index in [0.717, 1.165) is 32.4 Å². The number of hydrogen-bond acceptors (Lipinski definition) is 3. The summed E-state index contributed by atoms with van der Waals surface area (Å²) in [7, 11) is 0. The number of benzene rings is 1. The van der Waals surface area contributed by atoms with Crippen LogP contribution in [0.2, 0.25) is 0 Å². The van der Waals surface area contributed by atoms with E-state index in [-0.39, 0.29) is 0 Å². The topological polar surface area (TPSA) is 24.9 Å². The second kappa shape index (κ2) is 7.55. The summed E-state index contributed by atoms with van der Waals surface area (Å²) in [5, 5.41) is 4.67. The van der Waals surface area contributed by atoms with Crippen LogP contribution in [0.15, 0.2) is 24.3 Å². The van der Waals surface area contributed by atoms with Crippen LogP contribution in [-0.4, -0.2) is 11.5 Å². The summed E-state index contributed by atoms with van der Waals surface area (Å²) < 4.78 is 0. The molecule has 0 radical (unpaired) electrons. The largest absolute Gasteiger partial charge is 0.312 e. The summed E-state index contributed by atoms with van der Waals surface area (Å²) >= 11 is 1.87. The molecule has 1 aromatic carbocycles. The first-order chi connectivity index (χ1) is 9.74. The van der Waals surface area contributed by atoms with Crippen LogP contribution < -0.4 is 5.32 Å². The molecule has 0 saturated carbocycles. The Morgan fingerprint density at radius 2 is 2.00 bits per heavy atom. The van der Waals surface area contributed by atoms with Gasteiger partial charge >= 0.3 is 0 Å². The SMILES string of the molecule is CCCc1nc(Cc2ccccc2C)sc1CNCC. The Bertz CT molecular complexity index is 546. The highest BCUT2D eigenvalue weighted by atomic mass is 32.1. The molecule has 0 bridgehead atoms. The summed E-state index contributed by atoms with van der Waals surface area (Å²) in [6, 6.07) is 8.60. The van der Waals surface area contributed by atoms with Crippen LogP contribution >= 0.6 is 11.3 Å². The maximum Gasteiger partial charge on any atom is 0.0975 e. The number of aromatic nitrogens is 1. The number of thiazole rings is 1. The van der Waals surface area contributed by atoms with E-state index in [9.17, 15) is 0 Å². The molecule has 20 heavy (non-hydrogen) atoms. The second-order valence-electron chi connectivity index (χ2n) is 5.11. The third-order valence-corrected chi connectivity index (χ3v) is 4.55. The molecule has 0 amide bonds. The minimum Gasteiger partial charge on any atom is -0.312 e. The monoisotopic (exact) mass is 288 g/mol. The third-order valence-electron chi connectivity index (χ3n) is 3.45. The van der Waals surface area contributed by atoms with Gasteiger partial charge in [-0.1, -0.05) is 44.5 Å². The minimum atomic E-state index is 0.956. The van der Waals surface area contributed by atoms with E-state index in [4.69, 9.17) is 4.98 Å². The van der Waals surface area contributed by atoms with Crippen LogP contribution in [0.4, 0.5) is 0 Å². The van der Waals surface area contributed by atoms with Crippen molar-refractivity contribution in [2.45, 2.75) is 46.6 Å². The molecule has 2 nitrogen and oxygen atoms in total. The van der Waals surface area contributed by atoms with Gasteiger partial charge in [-0.15, -0.1) is 11.3 Å². The summed E-state index contributed by atoms with van der Waals surface area (Å²) in [5.41, 5.74) is 4.04. The van der Waals surface area contributed by atoms with E-state index < -0.39 is 0 Å². The number of aryl methyl sites for hydroxylation is 2. The van der Waals surface area contributed by atoms with Gasteiger partial charge in [0.2, 0.25) is 0 Å². The van der Waals surface area contributed by atoms with Crippen molar-refractivity contribution in [3.05, 3.63) is 51.0 Å². The Balaban J connectivity index is 2.17. The molecular formula is C17H24N2S. The lowest BCUT2D eigenvalue weighted by Gasteiger charge is -2.02. The van der Waals surface area contributed by atoms with Gasteiger partial charge in [0.1, 0.15) is 0 Å². The van der Waals surface area contributed by atoms with E-state index in [1.807, 2.05) is 11.3 Å². The van der Waals surface area contributed by atoms with Crippen molar-refractivity contribution in [1.29, 1.82) is 0 Å². The molecule has 0 spiro atoms. The zero-order valence-corrected chi connectivity index (χ0v) is 13.5. The molecule has 2 rings (SSSR count). The molecule has 2 aromatic rings. The second-order valence-corrected chi connectivity index (χ2v) is 6.28. The molecule has 0 aliphatic heterocycles. The van der Waals surface area contributed by atoms with Crippen molar-refractivity contribution >= 4 is 11.3 Å². The molecule has 0 atom stereocenters. The van der Waals surface area contributed by atoms with Crippen LogP contribution in [0.25, 0.3) is 0 Å². The van der Waals surface area contributed by atoms with E-state index in [1.165, 1.54) is 26.7 Å². The van der Waals surface area contributed by atoms with Crippen molar-refractivity contribution in [2.75, 3.05) is 6.54 Å². The van der Waals surface area contributed by atoms with Crippen LogP contribution in [-0.2, 0) is 19.4 Å². The van der Waals surface area contributed by atoms with E-state index in [1.54, 1.807) is 0 Å². The lowest BCUT2D eigenvalue weighted by molar-refractivity contribution is 0.723. The Labute approximate surface area is 126 Å². The van der Waals surface area contributed by atoms with Gasteiger partial charge in [0.25, 0.3) is 0 Å². The van der Waals surface area contributed by atoms with Gasteiger partial charge in [0.15, 0.2) is 0 Å². The van der Waals surface area contributed by atoms with Gasteiger partial charge in [-0.2, -0.15) is 0 Å². The van der Waals surface area contributed by atoms with Gasteiger partial charge in [-0.05, 0) is 31.0 Å². The highest BCUT2D eigenvalue weighted by Gasteiger charge is 2.11. The fraction of sp³-hybridized carbons (Fsp3) is 0.471. The van der Waals surface area contributed by atoms with E-state index >= 15 is 0 Å². The van der Waals surface area contributed by atoms with Crippen LogP contribution in [0.3, 0.4) is 0 Å². The Morgan fingerprint density at radius 3 is 2.70 bits per heavy atom. The standard InChI is InChI=1S/C17H24N2S/c1-4-8-15-16(12-18-5-2)20-17(19-15)11-14-10-7-6-9-13(14)3/h6-7,9-10,18H,4-5,8,11-12H2,1-3H3. The number of nitrogens with zero attached hydrogens (tertiary/aromatic N) is 1. The van der Waals surface area contributed by atoms with Crippen LogP contribution in [0.5, 0.6) is 0 Å². The summed E-state index contributed by atoms with van der Waals surface area (Å²) in [5.74, 6) is 0. The first-order valence-corrected chi connectivity index (χ1v) is 8.28. The highest BCUT2D eigenvalue weighted by molar-refractivity contribution is 7.11. The normalized spacial score (nSPS) is 10.9. The quantitative estimate of drug-likeness (QED) is 0.829. The van der Waals surface area contributed by atoms with Gasteiger partial charge < -0.3 is 5.32 Å². The van der Waals surface area contributed by atoms with Gasteiger partial charge in [0, 0.05) is 17.8 Å². The minimum absolute atomic E-state index is 0.956. The summed E-state index contributed by atoms with van der Waals surface area (Å²) in [6.45, 7) is 8.51. The van der Waals surface area contributed by atoms with E-state index in [0.29, 0.717) is 0 Å². The molecule has 0 aliphatic rings. The Morgan fingerprint density at radius 1 is 1.20 bits per heavy atom. The van der Waals surface area contributed by atoms with Crippen LogP contribution in [0.1, 0.15) is 47.0 Å². The predicted molar refractivity (Wildman–Crippen MR) is 87.5 cm³/mol. The summed E-state index contributed by atoms with van der Waals surface area (Å²) in [4.78, 5) is 6.28. The first-order valence-electron chi connectivity index (χ1n) is 7.47. The molecular weight excluding hydrogens is 264 g/mol. The van der Waals surface area contributed by atoms with Crippen molar-refractivity contribution in [1.82, 2.24) is 10.3 Å². The molecule has 1 heterocycles. The van der Waals surface area contributed by atoms with Crippen molar-refractivity contribution < 1.29 is 0 Å². The predicted octanol–water partition coefficient (Wildman–Crippen LogP) is 4.10.